The summed E-state index contributed by atoms with van der Waals surface area (Å²) in [5.41, 5.74) is 1.55. The Hall–Kier alpha value is -1.92. The van der Waals surface area contributed by atoms with Crippen molar-refractivity contribution < 1.29 is 9.21 Å². The van der Waals surface area contributed by atoms with E-state index in [0.29, 0.717) is 25.5 Å². The van der Waals surface area contributed by atoms with Crippen LogP contribution < -0.4 is 5.84 Å². The minimum atomic E-state index is -0.0915. The van der Waals surface area contributed by atoms with Crippen LogP contribution in [0.2, 0.25) is 0 Å². The van der Waals surface area contributed by atoms with Gasteiger partial charge in [0.1, 0.15) is 11.0 Å². The third-order valence-electron chi connectivity index (χ3n) is 2.61. The van der Waals surface area contributed by atoms with E-state index in [4.69, 9.17) is 22.5 Å². The van der Waals surface area contributed by atoms with Crippen molar-refractivity contribution in [3.05, 3.63) is 51.7 Å². The number of carbonyl (C=O) groups excluding carboxylic acids is 1. The molecule has 2 N–H and O–H groups in total. The maximum absolute atomic E-state index is 12.3. The fraction of sp³-hybridized carbons (Fsp3) is 0. The predicted molar refractivity (Wildman–Crippen MR) is 72.9 cm³/mol. The molecule has 90 valence electrons. The van der Waals surface area contributed by atoms with E-state index >= 15 is 0 Å². The molecule has 0 spiro atoms. The Morgan fingerprint density at radius 1 is 1.33 bits per heavy atom. The lowest BCUT2D eigenvalue weighted by atomic mass is 10.1. The van der Waals surface area contributed by atoms with Crippen LogP contribution in [-0.4, -0.2) is 10.5 Å². The lowest BCUT2D eigenvalue weighted by Gasteiger charge is -1.96. The van der Waals surface area contributed by atoms with Crippen molar-refractivity contribution in [2.24, 2.45) is 0 Å². The zero-order valence-corrected chi connectivity index (χ0v) is 10.8. The van der Waals surface area contributed by atoms with E-state index in [9.17, 15) is 4.79 Å². The van der Waals surface area contributed by atoms with E-state index in [1.54, 1.807) is 12.1 Å². The quantitative estimate of drug-likeness (QED) is 0.444. The topological polar surface area (TPSA) is 61.2 Å². The molecule has 0 bridgehead atoms. The number of nitrogen functional groups attached to an aromatic ring is 1. The molecule has 2 heterocycles. The van der Waals surface area contributed by atoms with Gasteiger partial charge in [0.25, 0.3) is 0 Å². The molecule has 0 fully saturated rings. The van der Waals surface area contributed by atoms with Gasteiger partial charge in [-0.15, -0.1) is 0 Å². The molecule has 0 saturated heterocycles. The number of rotatable bonds is 2. The number of hydrogen-bond acceptors (Lipinski definition) is 5. The Morgan fingerprint density at radius 3 is 2.78 bits per heavy atom. The van der Waals surface area contributed by atoms with Crippen LogP contribution in [0.5, 0.6) is 0 Å². The summed E-state index contributed by atoms with van der Waals surface area (Å²) >= 11 is 6.33. The van der Waals surface area contributed by atoms with E-state index in [1.165, 1.54) is 22.3 Å². The number of nitrogens with two attached hydrogens (primary N) is 1. The molecule has 0 saturated carbocycles. The summed E-state index contributed by atoms with van der Waals surface area (Å²) in [7, 11) is 0. The zero-order valence-electron chi connectivity index (χ0n) is 9.12. The van der Waals surface area contributed by atoms with E-state index in [0.717, 1.165) is 0 Å². The lowest BCUT2D eigenvalue weighted by molar-refractivity contribution is 0.103. The number of hydrogen-bond donors (Lipinski definition) is 1. The first kappa shape index (κ1) is 11.2. The number of thiazole rings is 1. The van der Waals surface area contributed by atoms with Gasteiger partial charge in [-0.1, -0.05) is 41.7 Å². The van der Waals surface area contributed by atoms with Crippen molar-refractivity contribution in [3.63, 3.8) is 0 Å². The van der Waals surface area contributed by atoms with Crippen molar-refractivity contribution >= 4 is 39.8 Å². The number of ketones is 1. The largest absolute Gasteiger partial charge is 0.445 e. The average Bonchev–Trinajstić information content (AvgIpc) is 2.92. The highest BCUT2D eigenvalue weighted by Gasteiger charge is 2.19. The predicted octanol–water partition coefficient (Wildman–Crippen LogP) is 2.97. The van der Waals surface area contributed by atoms with Gasteiger partial charge in [0.05, 0.1) is 5.56 Å². The second-order valence-electron chi connectivity index (χ2n) is 3.72. The molecule has 2 aromatic heterocycles. The van der Waals surface area contributed by atoms with Gasteiger partial charge in [-0.3, -0.25) is 4.79 Å². The van der Waals surface area contributed by atoms with Crippen molar-refractivity contribution in [1.29, 1.82) is 0 Å². The smallest absolute Gasteiger partial charge is 0.238 e. The Morgan fingerprint density at radius 2 is 2.06 bits per heavy atom. The molecule has 0 aliphatic carbocycles. The van der Waals surface area contributed by atoms with Gasteiger partial charge in [-0.25, -0.2) is 4.68 Å². The Labute approximate surface area is 111 Å². The second-order valence-corrected chi connectivity index (χ2v) is 5.36. The monoisotopic (exact) mass is 276 g/mol. The number of fused-ring (bicyclic) bond motifs is 1. The van der Waals surface area contributed by atoms with Crippen LogP contribution in [0.15, 0.2) is 41.0 Å². The fourth-order valence-corrected chi connectivity index (χ4v) is 2.90. The minimum Gasteiger partial charge on any atom is -0.445 e. The lowest BCUT2D eigenvalue weighted by Crippen LogP contribution is -2.05. The van der Waals surface area contributed by atoms with Crippen molar-refractivity contribution in [3.8, 4) is 0 Å². The summed E-state index contributed by atoms with van der Waals surface area (Å²) in [5, 5.41) is 0. The molecule has 3 aromatic rings. The highest BCUT2D eigenvalue weighted by Crippen LogP contribution is 2.28. The van der Waals surface area contributed by atoms with Crippen LogP contribution in [0.1, 0.15) is 15.9 Å². The Kier molecular flexibility index (Phi) is 2.53. The molecule has 0 unspecified atom stereocenters. The molecule has 0 amide bonds. The van der Waals surface area contributed by atoms with E-state index in [1.807, 2.05) is 18.2 Å². The highest BCUT2D eigenvalue weighted by atomic mass is 32.1. The first-order valence-corrected chi connectivity index (χ1v) is 6.39. The van der Waals surface area contributed by atoms with Crippen LogP contribution in [0.4, 0.5) is 0 Å². The minimum absolute atomic E-state index is 0.0915. The van der Waals surface area contributed by atoms with Crippen molar-refractivity contribution in [2.75, 3.05) is 5.84 Å². The third-order valence-corrected chi connectivity index (χ3v) is 4.03. The van der Waals surface area contributed by atoms with Crippen LogP contribution in [-0.2, 0) is 0 Å². The summed E-state index contributed by atoms with van der Waals surface area (Å²) in [6, 6.07) is 9.03. The van der Waals surface area contributed by atoms with Gasteiger partial charge < -0.3 is 10.3 Å². The van der Waals surface area contributed by atoms with E-state index in [-0.39, 0.29) is 5.78 Å². The summed E-state index contributed by atoms with van der Waals surface area (Å²) in [5.74, 6) is 5.62. The summed E-state index contributed by atoms with van der Waals surface area (Å²) < 4.78 is 7.75. The Balaban J connectivity index is 2.18. The van der Waals surface area contributed by atoms with Gasteiger partial charge in [0.2, 0.25) is 5.71 Å². The number of benzene rings is 1. The molecule has 1 aromatic carbocycles. The summed E-state index contributed by atoms with van der Waals surface area (Å²) in [4.78, 5) is 12.3. The van der Waals surface area contributed by atoms with Crippen LogP contribution >= 0.6 is 23.6 Å². The Bertz CT molecular complexity index is 783. The van der Waals surface area contributed by atoms with Crippen LogP contribution in [0.25, 0.3) is 10.4 Å². The maximum atomic E-state index is 12.3. The maximum Gasteiger partial charge on any atom is 0.238 e. The summed E-state index contributed by atoms with van der Waals surface area (Å²) in [6.07, 6.45) is 1.43. The molecule has 0 aliphatic rings. The van der Waals surface area contributed by atoms with Gasteiger partial charge >= 0.3 is 0 Å². The second kappa shape index (κ2) is 4.08. The highest BCUT2D eigenvalue weighted by molar-refractivity contribution is 7.73. The van der Waals surface area contributed by atoms with Gasteiger partial charge in [-0.2, -0.15) is 0 Å². The van der Waals surface area contributed by atoms with Crippen LogP contribution in [0.3, 0.4) is 0 Å². The standard InChI is InChI=1S/C12H8N2O2S2/c13-14-11-10(18-12(14)17)8(6-16-11)9(15)7-4-2-1-3-5-7/h1-6H,13H2. The first-order valence-electron chi connectivity index (χ1n) is 5.16. The van der Waals surface area contributed by atoms with Crippen LogP contribution in [0, 0.1) is 3.95 Å². The average molecular weight is 276 g/mol. The van der Waals surface area contributed by atoms with Gasteiger partial charge in [0.15, 0.2) is 9.74 Å². The van der Waals surface area contributed by atoms with Crippen molar-refractivity contribution in [1.82, 2.24) is 4.68 Å². The number of carbonyl (C=O) groups is 1. The molecule has 18 heavy (non-hydrogen) atoms. The number of furan rings is 1. The summed E-state index contributed by atoms with van der Waals surface area (Å²) in [6.45, 7) is 0. The molecular weight excluding hydrogens is 268 g/mol. The molecule has 0 atom stereocenters. The van der Waals surface area contributed by atoms with Gasteiger partial charge in [-0.05, 0) is 12.2 Å². The molecule has 4 nitrogen and oxygen atoms in total. The SMILES string of the molecule is Nn1c(=S)sc2c(C(=O)c3ccccc3)coc21. The van der Waals surface area contributed by atoms with Gasteiger partial charge in [0, 0.05) is 5.56 Å². The zero-order chi connectivity index (χ0) is 12.7. The normalized spacial score (nSPS) is 10.9. The third kappa shape index (κ3) is 1.58. The number of nitrogens with zero attached hydrogens (tertiary/aromatic N) is 1. The van der Waals surface area contributed by atoms with E-state index in [2.05, 4.69) is 0 Å². The molecule has 0 aliphatic heterocycles. The number of aromatic nitrogens is 1. The fourth-order valence-electron chi connectivity index (χ4n) is 1.72. The van der Waals surface area contributed by atoms with E-state index < -0.39 is 0 Å². The molecule has 3 rings (SSSR count). The molecular formula is C12H8N2O2S2. The first-order chi connectivity index (χ1) is 8.68. The molecule has 6 heteroatoms. The van der Waals surface area contributed by atoms with Crippen molar-refractivity contribution in [2.45, 2.75) is 0 Å². The molecule has 0 radical (unpaired) electrons.